The SMILES string of the molecule is COc1cccc(OC(CCN2CCC(c3cccc(NC(=O)C(C)C)c3)CC2)c2ccccc2)c1. The van der Waals surface area contributed by atoms with Gasteiger partial charge in [-0.2, -0.15) is 0 Å². The topological polar surface area (TPSA) is 50.8 Å². The van der Waals surface area contributed by atoms with Gasteiger partial charge in [0.25, 0.3) is 0 Å². The van der Waals surface area contributed by atoms with Crippen LogP contribution in [0, 0.1) is 5.92 Å². The van der Waals surface area contributed by atoms with Crippen LogP contribution in [0.15, 0.2) is 78.9 Å². The summed E-state index contributed by atoms with van der Waals surface area (Å²) in [5.74, 6) is 2.19. The number of anilines is 1. The van der Waals surface area contributed by atoms with Crippen molar-refractivity contribution < 1.29 is 14.3 Å². The van der Waals surface area contributed by atoms with Gasteiger partial charge in [-0.3, -0.25) is 4.79 Å². The second kappa shape index (κ2) is 12.6. The van der Waals surface area contributed by atoms with E-state index in [1.54, 1.807) is 7.11 Å². The molecule has 1 atom stereocenters. The van der Waals surface area contributed by atoms with E-state index in [9.17, 15) is 4.79 Å². The van der Waals surface area contributed by atoms with Crippen LogP contribution in [0.25, 0.3) is 0 Å². The molecule has 1 fully saturated rings. The largest absolute Gasteiger partial charge is 0.497 e. The second-order valence-electron chi connectivity index (χ2n) is 9.87. The molecule has 1 N–H and O–H groups in total. The van der Waals surface area contributed by atoms with Crippen LogP contribution in [0.3, 0.4) is 0 Å². The Hall–Kier alpha value is -3.31. The van der Waals surface area contributed by atoms with E-state index in [4.69, 9.17) is 9.47 Å². The summed E-state index contributed by atoms with van der Waals surface area (Å²) >= 11 is 0. The molecule has 1 aliphatic heterocycles. The van der Waals surface area contributed by atoms with E-state index < -0.39 is 0 Å². The number of rotatable bonds is 10. The maximum absolute atomic E-state index is 12.1. The third kappa shape index (κ3) is 7.11. The van der Waals surface area contributed by atoms with E-state index in [-0.39, 0.29) is 17.9 Å². The van der Waals surface area contributed by atoms with E-state index >= 15 is 0 Å². The molecule has 5 nitrogen and oxygen atoms in total. The highest BCUT2D eigenvalue weighted by atomic mass is 16.5. The first-order chi connectivity index (χ1) is 17.5. The zero-order valence-corrected chi connectivity index (χ0v) is 21.7. The molecule has 0 bridgehead atoms. The number of piperidine rings is 1. The molecule has 5 heteroatoms. The van der Waals surface area contributed by atoms with Crippen molar-refractivity contribution >= 4 is 11.6 Å². The van der Waals surface area contributed by atoms with Gasteiger partial charge in [-0.1, -0.05) is 62.4 Å². The van der Waals surface area contributed by atoms with E-state index in [1.165, 1.54) is 11.1 Å². The average Bonchev–Trinajstić information content (AvgIpc) is 2.92. The van der Waals surface area contributed by atoms with Crippen LogP contribution in [-0.4, -0.2) is 37.6 Å². The van der Waals surface area contributed by atoms with E-state index in [0.29, 0.717) is 5.92 Å². The maximum atomic E-state index is 12.1. The van der Waals surface area contributed by atoms with Gasteiger partial charge < -0.3 is 19.7 Å². The van der Waals surface area contributed by atoms with Crippen molar-refractivity contribution in [1.29, 1.82) is 0 Å². The summed E-state index contributed by atoms with van der Waals surface area (Å²) in [4.78, 5) is 14.6. The molecule has 4 rings (SSSR count). The summed E-state index contributed by atoms with van der Waals surface area (Å²) in [7, 11) is 1.68. The Balaban J connectivity index is 1.34. The number of carbonyl (C=O) groups is 1. The molecule has 0 aliphatic carbocycles. The third-order valence-electron chi connectivity index (χ3n) is 6.94. The zero-order chi connectivity index (χ0) is 25.3. The van der Waals surface area contributed by atoms with Gasteiger partial charge in [0.05, 0.1) is 7.11 Å². The number of carbonyl (C=O) groups excluding carboxylic acids is 1. The van der Waals surface area contributed by atoms with Crippen LogP contribution >= 0.6 is 0 Å². The molecule has 1 saturated heterocycles. The number of ether oxygens (including phenoxy) is 2. The lowest BCUT2D eigenvalue weighted by Crippen LogP contribution is -2.34. The molecule has 36 heavy (non-hydrogen) atoms. The minimum atomic E-state index is -0.0236. The van der Waals surface area contributed by atoms with E-state index in [0.717, 1.165) is 56.1 Å². The lowest BCUT2D eigenvalue weighted by Gasteiger charge is -2.33. The van der Waals surface area contributed by atoms with Gasteiger partial charge in [-0.25, -0.2) is 0 Å². The fourth-order valence-electron chi connectivity index (χ4n) is 4.75. The van der Waals surface area contributed by atoms with Gasteiger partial charge >= 0.3 is 0 Å². The summed E-state index contributed by atoms with van der Waals surface area (Å²) in [5, 5.41) is 3.03. The number of nitrogens with zero attached hydrogens (tertiary/aromatic N) is 1. The highest BCUT2D eigenvalue weighted by molar-refractivity contribution is 5.92. The molecule has 3 aromatic carbocycles. The molecule has 0 radical (unpaired) electrons. The molecule has 1 amide bonds. The first-order valence-electron chi connectivity index (χ1n) is 13.0. The lowest BCUT2D eigenvalue weighted by atomic mass is 9.89. The number of nitrogens with one attached hydrogen (secondary N) is 1. The Labute approximate surface area is 215 Å². The fourth-order valence-corrected chi connectivity index (χ4v) is 4.75. The summed E-state index contributed by atoms with van der Waals surface area (Å²) in [6.45, 7) is 6.95. The highest BCUT2D eigenvalue weighted by Gasteiger charge is 2.23. The Morgan fingerprint density at radius 2 is 1.67 bits per heavy atom. The van der Waals surface area contributed by atoms with E-state index in [2.05, 4.69) is 52.7 Å². The molecular formula is C31H38N2O3. The zero-order valence-electron chi connectivity index (χ0n) is 21.7. The average molecular weight is 487 g/mol. The molecule has 0 saturated carbocycles. The van der Waals surface area contributed by atoms with Crippen molar-refractivity contribution in [3.05, 3.63) is 90.0 Å². The maximum Gasteiger partial charge on any atom is 0.226 e. The van der Waals surface area contributed by atoms with Gasteiger partial charge in [0, 0.05) is 30.6 Å². The smallest absolute Gasteiger partial charge is 0.226 e. The molecule has 3 aromatic rings. The van der Waals surface area contributed by atoms with Gasteiger partial charge in [-0.05, 0) is 67.2 Å². The second-order valence-corrected chi connectivity index (χ2v) is 9.87. The molecule has 0 aromatic heterocycles. The van der Waals surface area contributed by atoms with Crippen LogP contribution in [0.2, 0.25) is 0 Å². The highest BCUT2D eigenvalue weighted by Crippen LogP contribution is 2.31. The predicted molar refractivity (Wildman–Crippen MR) is 146 cm³/mol. The van der Waals surface area contributed by atoms with Crippen LogP contribution in [-0.2, 0) is 4.79 Å². The van der Waals surface area contributed by atoms with Gasteiger partial charge in [-0.15, -0.1) is 0 Å². The third-order valence-corrected chi connectivity index (χ3v) is 6.94. The minimum Gasteiger partial charge on any atom is -0.497 e. The molecule has 1 aliphatic rings. The summed E-state index contributed by atoms with van der Waals surface area (Å²) < 4.78 is 11.8. The number of likely N-dealkylation sites (tertiary alicyclic amines) is 1. The van der Waals surface area contributed by atoms with Gasteiger partial charge in [0.15, 0.2) is 0 Å². The monoisotopic (exact) mass is 486 g/mol. The van der Waals surface area contributed by atoms with Crippen molar-refractivity contribution in [3.63, 3.8) is 0 Å². The predicted octanol–water partition coefficient (Wildman–Crippen LogP) is 6.68. The Bertz CT molecular complexity index is 1110. The molecule has 190 valence electrons. The Kier molecular flexibility index (Phi) is 9.01. The summed E-state index contributed by atoms with van der Waals surface area (Å²) in [6.07, 6.45) is 3.14. The quantitative estimate of drug-likeness (QED) is 0.347. The number of hydrogen-bond donors (Lipinski definition) is 1. The first kappa shape index (κ1) is 25.8. The normalized spacial score (nSPS) is 15.4. The van der Waals surface area contributed by atoms with Crippen LogP contribution in [0.4, 0.5) is 5.69 Å². The minimum absolute atomic E-state index is 0.0164. The molecule has 1 unspecified atom stereocenters. The standard InChI is InChI=1S/C31H38N2O3/c1-23(2)31(34)32-27-12-7-11-26(21-27)24-15-18-33(19-16-24)20-17-30(25-9-5-4-6-10-25)36-29-14-8-13-28(22-29)35-3/h4-14,21-24,30H,15-20H2,1-3H3,(H,32,34). The molecule has 1 heterocycles. The van der Waals surface area contributed by atoms with Gasteiger partial charge in [0.2, 0.25) is 5.91 Å². The van der Waals surface area contributed by atoms with Crippen molar-refractivity contribution in [2.24, 2.45) is 5.92 Å². The number of methoxy groups -OCH3 is 1. The van der Waals surface area contributed by atoms with Crippen molar-refractivity contribution in [2.45, 2.75) is 45.1 Å². The van der Waals surface area contributed by atoms with Gasteiger partial charge in [0.1, 0.15) is 17.6 Å². The fraction of sp³-hybridized carbons (Fsp3) is 0.387. The van der Waals surface area contributed by atoms with E-state index in [1.807, 2.05) is 50.2 Å². The summed E-state index contributed by atoms with van der Waals surface area (Å²) in [5.41, 5.74) is 3.41. The molecule has 0 spiro atoms. The van der Waals surface area contributed by atoms with Crippen LogP contribution in [0.5, 0.6) is 11.5 Å². The summed E-state index contributed by atoms with van der Waals surface area (Å²) in [6, 6.07) is 26.7. The Morgan fingerprint density at radius 1 is 0.944 bits per heavy atom. The first-order valence-corrected chi connectivity index (χ1v) is 13.0. The van der Waals surface area contributed by atoms with Crippen molar-refractivity contribution in [3.8, 4) is 11.5 Å². The Morgan fingerprint density at radius 3 is 2.39 bits per heavy atom. The van der Waals surface area contributed by atoms with Crippen LogP contribution in [0.1, 0.15) is 56.3 Å². The van der Waals surface area contributed by atoms with Crippen molar-refractivity contribution in [1.82, 2.24) is 4.90 Å². The molecular weight excluding hydrogens is 448 g/mol. The van der Waals surface area contributed by atoms with Crippen LogP contribution < -0.4 is 14.8 Å². The number of benzene rings is 3. The lowest BCUT2D eigenvalue weighted by molar-refractivity contribution is -0.118. The number of amides is 1. The number of hydrogen-bond acceptors (Lipinski definition) is 4. The van der Waals surface area contributed by atoms with Crippen molar-refractivity contribution in [2.75, 3.05) is 32.1 Å².